The molecule has 0 spiro atoms. The van der Waals surface area contributed by atoms with Gasteiger partial charge in [-0.25, -0.2) is 0 Å². The first-order valence-electron chi connectivity index (χ1n) is 7.48. The summed E-state index contributed by atoms with van der Waals surface area (Å²) in [6.45, 7) is 7.70. The quantitative estimate of drug-likeness (QED) is 0.915. The Morgan fingerprint density at radius 3 is 2.75 bits per heavy atom. The molecule has 20 heavy (non-hydrogen) atoms. The van der Waals surface area contributed by atoms with E-state index in [-0.39, 0.29) is 6.04 Å². The maximum Gasteiger partial charge on any atom is 0.0498 e. The van der Waals surface area contributed by atoms with Gasteiger partial charge in [-0.2, -0.15) is 0 Å². The van der Waals surface area contributed by atoms with Gasteiger partial charge in [-0.3, -0.25) is 4.90 Å². The van der Waals surface area contributed by atoms with Crippen molar-refractivity contribution in [1.82, 2.24) is 9.80 Å². The van der Waals surface area contributed by atoms with Crippen molar-refractivity contribution in [3.8, 4) is 0 Å². The molecule has 0 saturated carbocycles. The largest absolute Gasteiger partial charge is 0.326 e. The van der Waals surface area contributed by atoms with Crippen LogP contribution in [-0.2, 0) is 0 Å². The lowest BCUT2D eigenvalue weighted by atomic mass is 9.97. The number of benzene rings is 1. The molecule has 1 heterocycles. The molecule has 1 aromatic rings. The molecule has 1 aromatic carbocycles. The van der Waals surface area contributed by atoms with E-state index in [1.165, 1.54) is 12.0 Å². The number of nitrogens with zero attached hydrogens (tertiary/aromatic N) is 2. The molecule has 3 unspecified atom stereocenters. The van der Waals surface area contributed by atoms with Gasteiger partial charge >= 0.3 is 0 Å². The van der Waals surface area contributed by atoms with Crippen LogP contribution in [0.3, 0.4) is 0 Å². The van der Waals surface area contributed by atoms with Crippen molar-refractivity contribution in [2.45, 2.75) is 38.4 Å². The number of halogens is 1. The van der Waals surface area contributed by atoms with Crippen LogP contribution in [-0.4, -0.2) is 48.6 Å². The molecule has 0 aliphatic carbocycles. The Hall–Kier alpha value is -0.420. The Labute approximate surface area is 131 Å². The zero-order chi connectivity index (χ0) is 14.7. The maximum atomic E-state index is 6.30. The van der Waals surface area contributed by atoms with E-state index in [1.807, 2.05) is 0 Å². The summed E-state index contributed by atoms with van der Waals surface area (Å²) in [6, 6.07) is 9.63. The average molecular weight is 340 g/mol. The second-order valence-electron chi connectivity index (χ2n) is 5.90. The van der Waals surface area contributed by atoms with Crippen LogP contribution in [0.15, 0.2) is 28.7 Å². The molecule has 112 valence electrons. The highest BCUT2D eigenvalue weighted by atomic mass is 79.9. The van der Waals surface area contributed by atoms with Gasteiger partial charge in [0.25, 0.3) is 0 Å². The fourth-order valence-corrected chi connectivity index (χ4v) is 3.62. The van der Waals surface area contributed by atoms with Gasteiger partial charge < -0.3 is 10.6 Å². The van der Waals surface area contributed by atoms with Crippen molar-refractivity contribution in [3.63, 3.8) is 0 Å². The molecule has 2 N–H and O–H groups in total. The molecule has 1 saturated heterocycles. The summed E-state index contributed by atoms with van der Waals surface area (Å²) in [4.78, 5) is 5.02. The van der Waals surface area contributed by atoms with Gasteiger partial charge in [0.2, 0.25) is 0 Å². The first kappa shape index (κ1) is 16.0. The molecular formula is C16H26BrN3. The molecule has 2 rings (SSSR count). The van der Waals surface area contributed by atoms with Crippen LogP contribution in [0, 0.1) is 0 Å². The van der Waals surface area contributed by atoms with Gasteiger partial charge in [0.05, 0.1) is 0 Å². The summed E-state index contributed by atoms with van der Waals surface area (Å²) < 4.78 is 1.13. The summed E-state index contributed by atoms with van der Waals surface area (Å²) in [5, 5.41) is 0. The third-order valence-electron chi connectivity index (χ3n) is 4.36. The minimum Gasteiger partial charge on any atom is -0.326 e. The normalized spacial score (nSPS) is 24.6. The molecule has 3 nitrogen and oxygen atoms in total. The Morgan fingerprint density at radius 1 is 1.40 bits per heavy atom. The Bertz CT molecular complexity index is 435. The van der Waals surface area contributed by atoms with E-state index in [1.54, 1.807) is 0 Å². The second-order valence-corrected chi connectivity index (χ2v) is 6.81. The minimum absolute atomic E-state index is 0.130. The van der Waals surface area contributed by atoms with Gasteiger partial charge in [0.1, 0.15) is 0 Å². The molecule has 0 radical (unpaired) electrons. The molecule has 0 bridgehead atoms. The van der Waals surface area contributed by atoms with Crippen LogP contribution >= 0.6 is 15.9 Å². The van der Waals surface area contributed by atoms with Crippen LogP contribution in [0.1, 0.15) is 31.9 Å². The van der Waals surface area contributed by atoms with Gasteiger partial charge in [-0.1, -0.05) is 35.0 Å². The maximum absolute atomic E-state index is 6.30. The Balaban J connectivity index is 2.21. The molecule has 1 aliphatic heterocycles. The standard InChI is InChI=1S/C16H26BrN3/c1-4-15-11-20(9-8-19(15)3)16(12(2)18)13-6-5-7-14(17)10-13/h5-7,10,12,15-16H,4,8-9,11,18H2,1-3H3. The Morgan fingerprint density at radius 2 is 2.15 bits per heavy atom. The molecule has 1 fully saturated rings. The third-order valence-corrected chi connectivity index (χ3v) is 4.85. The summed E-state index contributed by atoms with van der Waals surface area (Å²) in [5.41, 5.74) is 7.61. The predicted molar refractivity (Wildman–Crippen MR) is 88.8 cm³/mol. The van der Waals surface area contributed by atoms with Gasteiger partial charge in [0, 0.05) is 42.2 Å². The fourth-order valence-electron chi connectivity index (χ4n) is 3.20. The molecule has 0 aromatic heterocycles. The van der Waals surface area contributed by atoms with E-state index in [0.717, 1.165) is 24.1 Å². The van der Waals surface area contributed by atoms with Crippen molar-refractivity contribution in [2.75, 3.05) is 26.7 Å². The van der Waals surface area contributed by atoms with Gasteiger partial charge in [-0.05, 0) is 38.1 Å². The van der Waals surface area contributed by atoms with Crippen molar-refractivity contribution < 1.29 is 0 Å². The van der Waals surface area contributed by atoms with E-state index >= 15 is 0 Å². The second kappa shape index (κ2) is 7.03. The predicted octanol–water partition coefficient (Wildman–Crippen LogP) is 2.86. The number of hydrogen-bond acceptors (Lipinski definition) is 3. The van der Waals surface area contributed by atoms with Crippen LogP contribution in [0.25, 0.3) is 0 Å². The van der Waals surface area contributed by atoms with Crippen LogP contribution < -0.4 is 5.73 Å². The number of hydrogen-bond donors (Lipinski definition) is 1. The fraction of sp³-hybridized carbons (Fsp3) is 0.625. The van der Waals surface area contributed by atoms with Crippen LogP contribution in [0.4, 0.5) is 0 Å². The minimum atomic E-state index is 0.130. The van der Waals surface area contributed by atoms with Gasteiger partial charge in [-0.15, -0.1) is 0 Å². The lowest BCUT2D eigenvalue weighted by molar-refractivity contribution is 0.0549. The van der Waals surface area contributed by atoms with Crippen LogP contribution in [0.5, 0.6) is 0 Å². The first-order valence-corrected chi connectivity index (χ1v) is 8.27. The van der Waals surface area contributed by atoms with Crippen molar-refractivity contribution >= 4 is 15.9 Å². The lowest BCUT2D eigenvalue weighted by Crippen LogP contribution is -2.54. The zero-order valence-electron chi connectivity index (χ0n) is 12.7. The van der Waals surface area contributed by atoms with E-state index in [0.29, 0.717) is 12.1 Å². The number of nitrogens with two attached hydrogens (primary N) is 1. The lowest BCUT2D eigenvalue weighted by Gasteiger charge is -2.44. The first-order chi connectivity index (χ1) is 9.52. The highest BCUT2D eigenvalue weighted by Crippen LogP contribution is 2.28. The monoisotopic (exact) mass is 339 g/mol. The summed E-state index contributed by atoms with van der Waals surface area (Å²) in [7, 11) is 2.23. The number of piperazine rings is 1. The summed E-state index contributed by atoms with van der Waals surface area (Å²) in [5.74, 6) is 0. The van der Waals surface area contributed by atoms with Crippen molar-refractivity contribution in [1.29, 1.82) is 0 Å². The van der Waals surface area contributed by atoms with E-state index in [9.17, 15) is 0 Å². The van der Waals surface area contributed by atoms with Gasteiger partial charge in [0.15, 0.2) is 0 Å². The van der Waals surface area contributed by atoms with E-state index < -0.39 is 0 Å². The molecule has 0 amide bonds. The highest BCUT2D eigenvalue weighted by Gasteiger charge is 2.30. The smallest absolute Gasteiger partial charge is 0.0498 e. The Kier molecular flexibility index (Phi) is 5.61. The van der Waals surface area contributed by atoms with Crippen LogP contribution in [0.2, 0.25) is 0 Å². The zero-order valence-corrected chi connectivity index (χ0v) is 14.3. The van der Waals surface area contributed by atoms with Crippen molar-refractivity contribution in [3.05, 3.63) is 34.3 Å². The number of likely N-dealkylation sites (N-methyl/N-ethyl adjacent to an activating group) is 1. The molecular weight excluding hydrogens is 314 g/mol. The van der Waals surface area contributed by atoms with E-state index in [4.69, 9.17) is 5.73 Å². The SMILES string of the molecule is CCC1CN(C(c2cccc(Br)c2)C(C)N)CCN1C. The highest BCUT2D eigenvalue weighted by molar-refractivity contribution is 9.10. The number of rotatable bonds is 4. The third kappa shape index (κ3) is 3.61. The van der Waals surface area contributed by atoms with Crippen molar-refractivity contribution in [2.24, 2.45) is 5.73 Å². The summed E-state index contributed by atoms with van der Waals surface area (Å²) >= 11 is 3.57. The topological polar surface area (TPSA) is 32.5 Å². The molecule has 4 heteroatoms. The average Bonchev–Trinajstić information content (AvgIpc) is 2.40. The van der Waals surface area contributed by atoms with E-state index in [2.05, 4.69) is 70.9 Å². The molecule has 1 aliphatic rings. The molecule has 3 atom stereocenters. The summed E-state index contributed by atoms with van der Waals surface area (Å²) in [6.07, 6.45) is 1.19.